The quantitative estimate of drug-likeness (QED) is 0.463. The zero-order chi connectivity index (χ0) is 20.3. The first-order valence-corrected chi connectivity index (χ1v) is 8.25. The van der Waals surface area contributed by atoms with Gasteiger partial charge in [-0.2, -0.15) is 0 Å². The van der Waals surface area contributed by atoms with Crippen LogP contribution in [-0.4, -0.2) is 30.0 Å². The van der Waals surface area contributed by atoms with E-state index < -0.39 is 34.9 Å². The molecule has 0 bridgehead atoms. The van der Waals surface area contributed by atoms with Crippen LogP contribution in [0.5, 0.6) is 5.75 Å². The van der Waals surface area contributed by atoms with Gasteiger partial charge in [-0.25, -0.2) is 9.18 Å². The zero-order valence-electron chi connectivity index (χ0n) is 14.1. The van der Waals surface area contributed by atoms with Crippen LogP contribution in [0.15, 0.2) is 42.0 Å². The molecular formula is C18H12ClFN2O6. The van der Waals surface area contributed by atoms with E-state index in [1.165, 1.54) is 6.08 Å². The number of non-ortho nitro benzene ring substituents is 1. The van der Waals surface area contributed by atoms with E-state index in [0.717, 1.165) is 18.2 Å². The van der Waals surface area contributed by atoms with Crippen molar-refractivity contribution < 1.29 is 28.4 Å². The molecule has 0 fully saturated rings. The molecule has 1 heterocycles. The number of anilines is 1. The molecule has 0 saturated heterocycles. The van der Waals surface area contributed by atoms with Gasteiger partial charge in [-0.1, -0.05) is 11.6 Å². The summed E-state index contributed by atoms with van der Waals surface area (Å²) in [5, 5.41) is 13.3. The number of nitro benzene ring substituents is 1. The molecule has 0 atom stereocenters. The van der Waals surface area contributed by atoms with E-state index in [1.807, 2.05) is 0 Å². The maximum Gasteiger partial charge on any atom is 0.338 e. The molecule has 2 aromatic carbocycles. The number of nitro groups is 1. The average molecular weight is 407 g/mol. The summed E-state index contributed by atoms with van der Waals surface area (Å²) in [5.41, 5.74) is -0.0209. The Morgan fingerprint density at radius 1 is 1.29 bits per heavy atom. The molecule has 8 nitrogen and oxygen atoms in total. The van der Waals surface area contributed by atoms with Gasteiger partial charge >= 0.3 is 5.97 Å². The molecule has 3 rings (SSSR count). The lowest BCUT2D eigenvalue weighted by Crippen LogP contribution is -2.24. The number of benzene rings is 2. The van der Waals surface area contributed by atoms with Gasteiger partial charge in [0.1, 0.15) is 18.2 Å². The first-order chi connectivity index (χ1) is 13.3. The summed E-state index contributed by atoms with van der Waals surface area (Å²) >= 11 is 5.90. The average Bonchev–Trinajstić information content (AvgIpc) is 2.67. The van der Waals surface area contributed by atoms with Crippen LogP contribution in [0.4, 0.5) is 15.8 Å². The predicted molar refractivity (Wildman–Crippen MR) is 97.6 cm³/mol. The number of amides is 1. The van der Waals surface area contributed by atoms with Crippen LogP contribution in [0.2, 0.25) is 5.02 Å². The molecule has 0 aliphatic carbocycles. The van der Waals surface area contributed by atoms with Crippen molar-refractivity contribution in [2.75, 3.05) is 18.5 Å². The van der Waals surface area contributed by atoms with Crippen molar-refractivity contribution in [3.63, 3.8) is 0 Å². The first kappa shape index (κ1) is 19.3. The van der Waals surface area contributed by atoms with E-state index in [9.17, 15) is 24.1 Å². The minimum Gasteiger partial charge on any atom is -0.488 e. The molecule has 1 amide bonds. The number of carbonyl (C=O) groups is 2. The molecule has 1 aliphatic heterocycles. The van der Waals surface area contributed by atoms with Gasteiger partial charge in [-0.15, -0.1) is 0 Å². The first-order valence-electron chi connectivity index (χ1n) is 7.87. The lowest BCUT2D eigenvalue weighted by molar-refractivity contribution is -0.384. The van der Waals surface area contributed by atoms with Crippen molar-refractivity contribution in [1.82, 2.24) is 0 Å². The molecule has 1 aliphatic rings. The van der Waals surface area contributed by atoms with Gasteiger partial charge in [-0.3, -0.25) is 14.9 Å². The molecule has 1 N–H and O–H groups in total. The lowest BCUT2D eigenvalue weighted by atomic mass is 10.1. The van der Waals surface area contributed by atoms with Crippen LogP contribution in [-0.2, 0) is 14.3 Å². The third-order valence-corrected chi connectivity index (χ3v) is 3.95. The molecule has 0 unspecified atom stereocenters. The molecule has 2 aromatic rings. The van der Waals surface area contributed by atoms with Crippen LogP contribution < -0.4 is 10.1 Å². The van der Waals surface area contributed by atoms with E-state index >= 15 is 0 Å². The Morgan fingerprint density at radius 2 is 2.07 bits per heavy atom. The molecule has 0 spiro atoms. The van der Waals surface area contributed by atoms with Gasteiger partial charge in [0.25, 0.3) is 11.6 Å². The Morgan fingerprint density at radius 3 is 2.82 bits per heavy atom. The van der Waals surface area contributed by atoms with Crippen LogP contribution in [0.3, 0.4) is 0 Å². The van der Waals surface area contributed by atoms with E-state index in [0.29, 0.717) is 16.3 Å². The van der Waals surface area contributed by atoms with Crippen molar-refractivity contribution in [3.8, 4) is 5.75 Å². The summed E-state index contributed by atoms with van der Waals surface area (Å²) < 4.78 is 24.0. The highest BCUT2D eigenvalue weighted by molar-refractivity contribution is 6.30. The number of fused-ring (bicyclic) bond motifs is 1. The normalized spacial score (nSPS) is 12.3. The zero-order valence-corrected chi connectivity index (χ0v) is 14.9. The van der Waals surface area contributed by atoms with Crippen LogP contribution in [0.25, 0.3) is 6.08 Å². The number of carbonyl (C=O) groups excluding carboxylic acids is 2. The Labute approximate surface area is 162 Å². The summed E-state index contributed by atoms with van der Waals surface area (Å²) in [6.45, 7) is -0.755. The SMILES string of the molecule is O=C(COC(=O)C1=Cc2cc(Cl)ccc2OC1)Nc1cc([N+](=O)[O-])ccc1F. The van der Waals surface area contributed by atoms with Crippen LogP contribution in [0, 0.1) is 15.9 Å². The summed E-state index contributed by atoms with van der Waals surface area (Å²) in [5.74, 6) is -1.95. The fourth-order valence-electron chi connectivity index (χ4n) is 2.40. The second-order valence-corrected chi connectivity index (χ2v) is 6.12. The van der Waals surface area contributed by atoms with Gasteiger partial charge in [-0.05, 0) is 30.3 Å². The smallest absolute Gasteiger partial charge is 0.338 e. The minimum atomic E-state index is -0.859. The largest absolute Gasteiger partial charge is 0.488 e. The molecule has 0 saturated carbocycles. The Bertz CT molecular complexity index is 1010. The highest BCUT2D eigenvalue weighted by Gasteiger charge is 2.20. The van der Waals surface area contributed by atoms with E-state index in [2.05, 4.69) is 5.32 Å². The summed E-state index contributed by atoms with van der Waals surface area (Å²) in [4.78, 5) is 34.0. The predicted octanol–water partition coefficient (Wildman–Crippen LogP) is 3.35. The molecule has 28 heavy (non-hydrogen) atoms. The molecule has 0 aromatic heterocycles. The third kappa shape index (κ3) is 4.44. The number of rotatable bonds is 5. The van der Waals surface area contributed by atoms with E-state index in [-0.39, 0.29) is 17.9 Å². The maximum absolute atomic E-state index is 13.7. The topological polar surface area (TPSA) is 108 Å². The standard InChI is InChI=1S/C18H12ClFN2O6/c19-12-1-4-16-10(6-12)5-11(8-27-16)18(24)28-9-17(23)21-15-7-13(22(25)26)2-3-14(15)20/h1-7H,8-9H2,(H,21,23). The fourth-order valence-corrected chi connectivity index (χ4v) is 2.58. The van der Waals surface area contributed by atoms with Crippen LogP contribution >= 0.6 is 11.6 Å². The van der Waals surface area contributed by atoms with Gasteiger partial charge < -0.3 is 14.8 Å². The highest BCUT2D eigenvalue weighted by atomic mass is 35.5. The summed E-state index contributed by atoms with van der Waals surface area (Å²) in [6.07, 6.45) is 1.53. The maximum atomic E-state index is 13.7. The van der Waals surface area contributed by atoms with Gasteiger partial charge in [0, 0.05) is 22.7 Å². The molecule has 144 valence electrons. The van der Waals surface area contributed by atoms with Crippen molar-refractivity contribution in [3.05, 3.63) is 68.5 Å². The van der Waals surface area contributed by atoms with Gasteiger partial charge in [0.05, 0.1) is 16.2 Å². The Kier molecular flexibility index (Phi) is 5.55. The Hall–Kier alpha value is -3.46. The number of hydrogen-bond acceptors (Lipinski definition) is 6. The Balaban J connectivity index is 1.61. The lowest BCUT2D eigenvalue weighted by Gasteiger charge is -2.17. The number of esters is 1. The van der Waals surface area contributed by atoms with Crippen LogP contribution in [0.1, 0.15) is 5.56 Å². The van der Waals surface area contributed by atoms with Crippen molar-refractivity contribution in [1.29, 1.82) is 0 Å². The molecule has 0 radical (unpaired) electrons. The van der Waals surface area contributed by atoms with E-state index in [4.69, 9.17) is 21.1 Å². The monoisotopic (exact) mass is 406 g/mol. The number of halogens is 2. The molecular weight excluding hydrogens is 395 g/mol. The second kappa shape index (κ2) is 8.05. The third-order valence-electron chi connectivity index (χ3n) is 3.72. The second-order valence-electron chi connectivity index (χ2n) is 5.69. The summed E-state index contributed by atoms with van der Waals surface area (Å²) in [7, 11) is 0. The van der Waals surface area contributed by atoms with Gasteiger partial charge in [0.15, 0.2) is 6.61 Å². The summed E-state index contributed by atoms with van der Waals surface area (Å²) in [6, 6.07) is 7.61. The molecule has 10 heteroatoms. The number of ether oxygens (including phenoxy) is 2. The number of nitrogens with one attached hydrogen (secondary N) is 1. The van der Waals surface area contributed by atoms with Gasteiger partial charge in [0.2, 0.25) is 0 Å². The number of nitrogens with zero attached hydrogens (tertiary/aromatic N) is 1. The minimum absolute atomic E-state index is 0.0470. The number of hydrogen-bond donors (Lipinski definition) is 1. The van der Waals surface area contributed by atoms with Crippen molar-refractivity contribution in [2.45, 2.75) is 0 Å². The fraction of sp³-hybridized carbons (Fsp3) is 0.111. The highest BCUT2D eigenvalue weighted by Crippen LogP contribution is 2.29. The van der Waals surface area contributed by atoms with Crippen molar-refractivity contribution in [2.24, 2.45) is 0 Å². The van der Waals surface area contributed by atoms with Crippen molar-refractivity contribution >= 4 is 40.9 Å². The van der Waals surface area contributed by atoms with E-state index in [1.54, 1.807) is 18.2 Å².